The highest BCUT2D eigenvalue weighted by Crippen LogP contribution is 2.69. The summed E-state index contributed by atoms with van der Waals surface area (Å²) < 4.78 is 11.1. The van der Waals surface area contributed by atoms with E-state index in [1.165, 1.54) is 11.1 Å². The quantitative estimate of drug-likeness (QED) is 0.729. The fourth-order valence-electron chi connectivity index (χ4n) is 3.61. The molecule has 0 aromatic heterocycles. The van der Waals surface area contributed by atoms with Crippen molar-refractivity contribution in [2.75, 3.05) is 6.61 Å². The van der Waals surface area contributed by atoms with Crippen LogP contribution in [0.2, 0.25) is 0 Å². The van der Waals surface area contributed by atoms with E-state index in [0.29, 0.717) is 18.4 Å². The van der Waals surface area contributed by atoms with E-state index in [-0.39, 0.29) is 24.1 Å². The zero-order valence-electron chi connectivity index (χ0n) is 9.63. The summed E-state index contributed by atoms with van der Waals surface area (Å²) in [5.41, 5.74) is 2.58. The van der Waals surface area contributed by atoms with Gasteiger partial charge in [0, 0.05) is 11.8 Å². The number of carbonyl (C=O) groups is 1. The molecule has 3 heteroatoms. The van der Waals surface area contributed by atoms with Gasteiger partial charge in [0.15, 0.2) is 0 Å². The lowest BCUT2D eigenvalue weighted by atomic mass is 9.81. The van der Waals surface area contributed by atoms with Crippen LogP contribution < -0.4 is 0 Å². The lowest BCUT2D eigenvalue weighted by Crippen LogP contribution is -2.29. The Labute approximate surface area is 99.7 Å². The minimum absolute atomic E-state index is 0.0646. The SMILES string of the molecule is CCOC(=O)[C@@H]1[C@H]2[C@H]3O[C@@H]1c1ccccc1[C@H]32. The van der Waals surface area contributed by atoms with Gasteiger partial charge in [-0.25, -0.2) is 0 Å². The molecule has 0 spiro atoms. The number of carbonyl (C=O) groups excluding carboxylic acids is 1. The Morgan fingerprint density at radius 3 is 2.88 bits per heavy atom. The summed E-state index contributed by atoms with van der Waals surface area (Å²) in [6.07, 6.45) is 0.203. The van der Waals surface area contributed by atoms with Crippen LogP contribution in [0.5, 0.6) is 0 Å². The fraction of sp³-hybridized carbons (Fsp3) is 0.500. The molecule has 0 amide bonds. The van der Waals surface area contributed by atoms with Crippen molar-refractivity contribution in [2.24, 2.45) is 11.8 Å². The molecule has 0 unspecified atom stereocenters. The van der Waals surface area contributed by atoms with Crippen molar-refractivity contribution < 1.29 is 14.3 Å². The monoisotopic (exact) mass is 230 g/mol. The molecule has 5 atom stereocenters. The predicted octanol–water partition coefficient (Wildman–Crippen LogP) is 2.03. The standard InChI is InChI=1S/C14H14O3/c1-2-16-14(15)11-10-9-7-5-3-4-6-8(7)12(11)17-13(9)10/h3-6,9-13H,2H2,1H3/t9-,10-,11+,12+,13-/m0/s1. The molecule has 5 rings (SSSR count). The van der Waals surface area contributed by atoms with Gasteiger partial charge in [-0.1, -0.05) is 24.3 Å². The van der Waals surface area contributed by atoms with Crippen LogP contribution in [0.25, 0.3) is 0 Å². The molecule has 1 saturated carbocycles. The summed E-state index contributed by atoms with van der Waals surface area (Å²) in [4.78, 5) is 12.0. The Morgan fingerprint density at radius 2 is 2.12 bits per heavy atom. The van der Waals surface area contributed by atoms with Crippen molar-refractivity contribution in [1.29, 1.82) is 0 Å². The third kappa shape index (κ3) is 1.08. The van der Waals surface area contributed by atoms with Crippen LogP contribution in [0.1, 0.15) is 30.1 Å². The third-order valence-corrected chi connectivity index (χ3v) is 4.27. The zero-order chi connectivity index (χ0) is 11.6. The van der Waals surface area contributed by atoms with Crippen LogP contribution in [0.3, 0.4) is 0 Å². The van der Waals surface area contributed by atoms with Gasteiger partial charge in [0.05, 0.1) is 24.7 Å². The van der Waals surface area contributed by atoms with Gasteiger partial charge in [0.1, 0.15) is 0 Å². The molecule has 88 valence electrons. The number of benzene rings is 1. The minimum Gasteiger partial charge on any atom is -0.466 e. The van der Waals surface area contributed by atoms with Gasteiger partial charge in [-0.2, -0.15) is 0 Å². The second-order valence-electron chi connectivity index (χ2n) is 5.03. The Morgan fingerprint density at radius 1 is 1.35 bits per heavy atom. The van der Waals surface area contributed by atoms with Gasteiger partial charge in [-0.05, 0) is 18.1 Å². The Kier molecular flexibility index (Phi) is 1.76. The van der Waals surface area contributed by atoms with E-state index in [1.54, 1.807) is 0 Å². The molecule has 4 aliphatic rings. The molecule has 2 fully saturated rings. The molecule has 3 nitrogen and oxygen atoms in total. The van der Waals surface area contributed by atoms with E-state index in [0.717, 1.165) is 0 Å². The fourth-order valence-corrected chi connectivity index (χ4v) is 3.61. The highest BCUT2D eigenvalue weighted by atomic mass is 16.5. The molecule has 1 aromatic rings. The Balaban J connectivity index is 1.75. The van der Waals surface area contributed by atoms with E-state index in [4.69, 9.17) is 9.47 Å². The first-order chi connectivity index (χ1) is 8.33. The predicted molar refractivity (Wildman–Crippen MR) is 60.4 cm³/mol. The normalized spacial score (nSPS) is 39.7. The van der Waals surface area contributed by atoms with Gasteiger partial charge >= 0.3 is 5.97 Å². The Hall–Kier alpha value is -1.35. The van der Waals surface area contributed by atoms with E-state index < -0.39 is 0 Å². The summed E-state index contributed by atoms with van der Waals surface area (Å²) in [5.74, 6) is 0.654. The average Bonchev–Trinajstić information content (AvgIpc) is 2.96. The van der Waals surface area contributed by atoms with Crippen molar-refractivity contribution >= 4 is 5.97 Å². The molecule has 2 heterocycles. The maximum atomic E-state index is 12.0. The van der Waals surface area contributed by atoms with Crippen molar-refractivity contribution in [3.8, 4) is 0 Å². The lowest BCUT2D eigenvalue weighted by Gasteiger charge is -2.30. The highest BCUT2D eigenvalue weighted by molar-refractivity contribution is 5.77. The van der Waals surface area contributed by atoms with Gasteiger partial charge < -0.3 is 9.47 Å². The number of ether oxygens (including phenoxy) is 2. The summed E-state index contributed by atoms with van der Waals surface area (Å²) >= 11 is 0. The number of rotatable bonds is 2. The number of hydrogen-bond acceptors (Lipinski definition) is 3. The van der Waals surface area contributed by atoms with E-state index >= 15 is 0 Å². The summed E-state index contributed by atoms with van der Waals surface area (Å²) in [6, 6.07) is 8.33. The number of hydrogen-bond donors (Lipinski definition) is 0. The molecule has 1 saturated heterocycles. The molecular formula is C14H14O3. The molecule has 17 heavy (non-hydrogen) atoms. The minimum atomic E-state index is -0.0815. The second-order valence-corrected chi connectivity index (χ2v) is 5.03. The summed E-state index contributed by atoms with van der Waals surface area (Å²) in [7, 11) is 0. The summed E-state index contributed by atoms with van der Waals surface area (Å²) in [6.45, 7) is 2.30. The molecule has 0 N–H and O–H groups in total. The average molecular weight is 230 g/mol. The molecule has 0 radical (unpaired) electrons. The van der Waals surface area contributed by atoms with Gasteiger partial charge in [0.25, 0.3) is 0 Å². The first-order valence-electron chi connectivity index (χ1n) is 6.24. The first kappa shape index (κ1) is 9.66. The third-order valence-electron chi connectivity index (χ3n) is 4.27. The van der Waals surface area contributed by atoms with Crippen molar-refractivity contribution in [2.45, 2.75) is 25.0 Å². The zero-order valence-corrected chi connectivity index (χ0v) is 9.63. The molecule has 2 aliphatic heterocycles. The maximum Gasteiger partial charge on any atom is 0.312 e. The second kappa shape index (κ2) is 3.10. The van der Waals surface area contributed by atoms with Crippen LogP contribution >= 0.6 is 0 Å². The van der Waals surface area contributed by atoms with Crippen molar-refractivity contribution in [1.82, 2.24) is 0 Å². The van der Waals surface area contributed by atoms with Crippen LogP contribution in [0.15, 0.2) is 24.3 Å². The topological polar surface area (TPSA) is 35.5 Å². The van der Waals surface area contributed by atoms with E-state index in [2.05, 4.69) is 18.2 Å². The van der Waals surface area contributed by atoms with Gasteiger partial charge in [0.2, 0.25) is 0 Å². The van der Waals surface area contributed by atoms with Crippen molar-refractivity contribution in [3.63, 3.8) is 0 Å². The summed E-state index contributed by atoms with van der Waals surface area (Å²) in [5, 5.41) is 0. The first-order valence-corrected chi connectivity index (χ1v) is 6.24. The van der Waals surface area contributed by atoms with Gasteiger partial charge in [-0.15, -0.1) is 0 Å². The maximum absolute atomic E-state index is 12.0. The number of esters is 1. The van der Waals surface area contributed by atoms with Crippen LogP contribution in [0, 0.1) is 11.8 Å². The van der Waals surface area contributed by atoms with Gasteiger partial charge in [-0.3, -0.25) is 4.79 Å². The molecule has 2 aliphatic carbocycles. The van der Waals surface area contributed by atoms with Crippen LogP contribution in [-0.2, 0) is 14.3 Å². The van der Waals surface area contributed by atoms with E-state index in [1.807, 2.05) is 13.0 Å². The molecule has 1 aromatic carbocycles. The van der Waals surface area contributed by atoms with E-state index in [9.17, 15) is 4.79 Å². The largest absolute Gasteiger partial charge is 0.466 e. The lowest BCUT2D eigenvalue weighted by molar-refractivity contribution is -0.152. The van der Waals surface area contributed by atoms with Crippen LogP contribution in [0.4, 0.5) is 0 Å². The molecule has 4 bridgehead atoms. The van der Waals surface area contributed by atoms with Crippen molar-refractivity contribution in [3.05, 3.63) is 35.4 Å². The smallest absolute Gasteiger partial charge is 0.312 e. The van der Waals surface area contributed by atoms with Crippen LogP contribution in [-0.4, -0.2) is 18.7 Å². The highest BCUT2D eigenvalue weighted by Gasteiger charge is 2.70. The Bertz CT molecular complexity index is 496. The molecular weight excluding hydrogens is 216 g/mol.